The second kappa shape index (κ2) is 11.3. The molecule has 0 radical (unpaired) electrons. The van der Waals surface area contributed by atoms with Crippen LogP contribution in [0.1, 0.15) is 37.7 Å². The minimum absolute atomic E-state index is 0.183. The van der Waals surface area contributed by atoms with Crippen LogP contribution < -0.4 is 11.1 Å². The lowest BCUT2D eigenvalue weighted by Crippen LogP contribution is -2.23. The van der Waals surface area contributed by atoms with Gasteiger partial charge in [0.05, 0.1) is 10.0 Å². The zero-order valence-corrected chi connectivity index (χ0v) is 14.3. The minimum Gasteiger partial charge on any atom is -0.427 e. The molecular formula is C15H25BCl2N2O2. The standard InChI is InChI=1S/C15H25BCl2N2O2/c17-14-7-6-12(10-15(14)18)11-20-9-3-5-13(19)4-1-2-8-16(21)22/h6-7,10,13,20-22H,1-5,8-9,11,19H2. The van der Waals surface area contributed by atoms with Crippen molar-refractivity contribution in [2.75, 3.05) is 6.54 Å². The normalized spacial score (nSPS) is 12.4. The van der Waals surface area contributed by atoms with E-state index in [4.69, 9.17) is 39.0 Å². The van der Waals surface area contributed by atoms with Crippen LogP contribution in [0, 0.1) is 0 Å². The van der Waals surface area contributed by atoms with Crippen molar-refractivity contribution < 1.29 is 10.0 Å². The van der Waals surface area contributed by atoms with Gasteiger partial charge in [0, 0.05) is 12.6 Å². The fourth-order valence-electron chi connectivity index (χ4n) is 2.25. The Morgan fingerprint density at radius 3 is 2.50 bits per heavy atom. The van der Waals surface area contributed by atoms with Crippen molar-refractivity contribution in [2.45, 2.75) is 51.0 Å². The lowest BCUT2D eigenvalue weighted by Gasteiger charge is -2.12. The summed E-state index contributed by atoms with van der Waals surface area (Å²) >= 11 is 11.8. The Bertz CT molecular complexity index is 436. The smallest absolute Gasteiger partial charge is 0.427 e. The molecule has 1 atom stereocenters. The average Bonchev–Trinajstić information content (AvgIpc) is 2.46. The van der Waals surface area contributed by atoms with Crippen molar-refractivity contribution in [3.8, 4) is 0 Å². The van der Waals surface area contributed by atoms with Crippen molar-refractivity contribution in [2.24, 2.45) is 5.73 Å². The predicted octanol–water partition coefficient (Wildman–Crippen LogP) is 2.83. The topological polar surface area (TPSA) is 78.5 Å². The molecule has 1 aromatic carbocycles. The van der Waals surface area contributed by atoms with Gasteiger partial charge in [-0.2, -0.15) is 0 Å². The molecule has 0 bridgehead atoms. The van der Waals surface area contributed by atoms with Crippen LogP contribution in [0.25, 0.3) is 0 Å². The summed E-state index contributed by atoms with van der Waals surface area (Å²) in [5, 5.41) is 22.0. The maximum absolute atomic E-state index is 8.74. The zero-order valence-electron chi connectivity index (χ0n) is 12.8. The van der Waals surface area contributed by atoms with E-state index in [9.17, 15) is 0 Å². The molecule has 22 heavy (non-hydrogen) atoms. The van der Waals surface area contributed by atoms with E-state index in [1.54, 1.807) is 6.07 Å². The minimum atomic E-state index is -1.19. The van der Waals surface area contributed by atoms with Gasteiger partial charge in [-0.15, -0.1) is 0 Å². The summed E-state index contributed by atoms with van der Waals surface area (Å²) in [4.78, 5) is 0. The molecule has 4 nitrogen and oxygen atoms in total. The Morgan fingerprint density at radius 1 is 1.09 bits per heavy atom. The largest absolute Gasteiger partial charge is 0.451 e. The fourth-order valence-corrected chi connectivity index (χ4v) is 2.57. The molecule has 7 heteroatoms. The molecule has 0 fully saturated rings. The maximum atomic E-state index is 8.74. The van der Waals surface area contributed by atoms with Gasteiger partial charge in [-0.3, -0.25) is 0 Å². The van der Waals surface area contributed by atoms with Gasteiger partial charge in [0.1, 0.15) is 0 Å². The first-order valence-electron chi connectivity index (χ1n) is 7.75. The van der Waals surface area contributed by atoms with E-state index < -0.39 is 7.12 Å². The second-order valence-corrected chi connectivity index (χ2v) is 6.41. The predicted molar refractivity (Wildman–Crippen MR) is 94.2 cm³/mol. The Balaban J connectivity index is 2.03. The summed E-state index contributed by atoms with van der Waals surface area (Å²) < 4.78 is 0. The van der Waals surface area contributed by atoms with Gasteiger partial charge in [-0.1, -0.05) is 42.1 Å². The van der Waals surface area contributed by atoms with Crippen LogP contribution >= 0.6 is 23.2 Å². The number of unbranched alkanes of at least 4 members (excludes halogenated alkanes) is 1. The molecule has 0 aliphatic rings. The molecule has 0 aliphatic carbocycles. The van der Waals surface area contributed by atoms with E-state index in [-0.39, 0.29) is 6.04 Å². The number of hydrogen-bond acceptors (Lipinski definition) is 4. The Hall–Kier alpha value is -0.295. The van der Waals surface area contributed by atoms with Gasteiger partial charge in [0.2, 0.25) is 0 Å². The molecule has 0 saturated carbocycles. The van der Waals surface area contributed by atoms with Crippen molar-refractivity contribution in [1.29, 1.82) is 0 Å². The Labute approximate surface area is 143 Å². The average molecular weight is 347 g/mol. The van der Waals surface area contributed by atoms with Gasteiger partial charge in [0.15, 0.2) is 0 Å². The molecule has 5 N–H and O–H groups in total. The first-order valence-corrected chi connectivity index (χ1v) is 8.51. The van der Waals surface area contributed by atoms with Crippen LogP contribution in [0.2, 0.25) is 16.4 Å². The van der Waals surface area contributed by atoms with Crippen molar-refractivity contribution in [3.63, 3.8) is 0 Å². The molecule has 124 valence electrons. The number of halogens is 2. The van der Waals surface area contributed by atoms with Crippen molar-refractivity contribution in [3.05, 3.63) is 33.8 Å². The quantitative estimate of drug-likeness (QED) is 0.367. The number of benzene rings is 1. The second-order valence-electron chi connectivity index (χ2n) is 5.59. The lowest BCUT2D eigenvalue weighted by atomic mass is 9.83. The summed E-state index contributed by atoms with van der Waals surface area (Å²) in [5.74, 6) is 0. The highest BCUT2D eigenvalue weighted by atomic mass is 35.5. The zero-order chi connectivity index (χ0) is 16.4. The monoisotopic (exact) mass is 346 g/mol. The number of nitrogens with two attached hydrogens (primary N) is 1. The number of hydrogen-bond donors (Lipinski definition) is 4. The van der Waals surface area contributed by atoms with Crippen LogP contribution in [0.4, 0.5) is 0 Å². The molecule has 0 spiro atoms. The summed E-state index contributed by atoms with van der Waals surface area (Å²) in [5.41, 5.74) is 7.15. The summed E-state index contributed by atoms with van der Waals surface area (Å²) in [7, 11) is -1.19. The van der Waals surface area contributed by atoms with Crippen LogP contribution in [0.5, 0.6) is 0 Å². The highest BCUT2D eigenvalue weighted by Crippen LogP contribution is 2.22. The molecule has 0 saturated heterocycles. The third kappa shape index (κ3) is 8.98. The highest BCUT2D eigenvalue weighted by molar-refractivity contribution is 6.42. The van der Waals surface area contributed by atoms with Gasteiger partial charge >= 0.3 is 7.12 Å². The SMILES string of the molecule is NC(CCCCB(O)O)CCCNCc1ccc(Cl)c(Cl)c1. The van der Waals surface area contributed by atoms with E-state index in [0.717, 1.165) is 50.8 Å². The maximum Gasteiger partial charge on any atom is 0.451 e. The lowest BCUT2D eigenvalue weighted by molar-refractivity contribution is 0.400. The molecule has 0 amide bonds. The Morgan fingerprint density at radius 2 is 1.82 bits per heavy atom. The van der Waals surface area contributed by atoms with Crippen LogP contribution in [-0.2, 0) is 6.54 Å². The van der Waals surface area contributed by atoms with Gasteiger partial charge in [-0.25, -0.2) is 0 Å². The van der Waals surface area contributed by atoms with Crippen molar-refractivity contribution in [1.82, 2.24) is 5.32 Å². The Kier molecular flexibility index (Phi) is 10.1. The molecular weight excluding hydrogens is 322 g/mol. The number of rotatable bonds is 11. The van der Waals surface area contributed by atoms with E-state index in [1.807, 2.05) is 12.1 Å². The van der Waals surface area contributed by atoms with Crippen LogP contribution in [-0.4, -0.2) is 29.8 Å². The van der Waals surface area contributed by atoms with E-state index in [2.05, 4.69) is 5.32 Å². The van der Waals surface area contributed by atoms with Crippen LogP contribution in [0.3, 0.4) is 0 Å². The molecule has 1 rings (SSSR count). The van der Waals surface area contributed by atoms with E-state index in [1.165, 1.54) is 0 Å². The first kappa shape index (κ1) is 19.8. The number of nitrogens with one attached hydrogen (secondary N) is 1. The van der Waals surface area contributed by atoms with Gasteiger partial charge in [-0.05, 0) is 49.8 Å². The summed E-state index contributed by atoms with van der Waals surface area (Å²) in [6.45, 7) is 1.67. The van der Waals surface area contributed by atoms with Gasteiger partial charge < -0.3 is 21.1 Å². The molecule has 0 aliphatic heterocycles. The third-order valence-corrected chi connectivity index (χ3v) is 4.27. The van der Waals surface area contributed by atoms with E-state index in [0.29, 0.717) is 16.4 Å². The van der Waals surface area contributed by atoms with E-state index >= 15 is 0 Å². The van der Waals surface area contributed by atoms with Crippen molar-refractivity contribution >= 4 is 30.3 Å². The summed E-state index contributed by atoms with van der Waals surface area (Å²) in [6, 6.07) is 5.82. The highest BCUT2D eigenvalue weighted by Gasteiger charge is 2.07. The molecule has 0 heterocycles. The van der Waals surface area contributed by atoms with Gasteiger partial charge in [0.25, 0.3) is 0 Å². The molecule has 0 aromatic heterocycles. The first-order chi connectivity index (χ1) is 10.5. The van der Waals surface area contributed by atoms with Crippen LogP contribution in [0.15, 0.2) is 18.2 Å². The molecule has 1 aromatic rings. The fraction of sp³-hybridized carbons (Fsp3) is 0.600. The molecule has 1 unspecified atom stereocenters. The third-order valence-electron chi connectivity index (χ3n) is 3.53. The summed E-state index contributed by atoms with van der Waals surface area (Å²) in [6.07, 6.45) is 5.09.